The van der Waals surface area contributed by atoms with E-state index in [2.05, 4.69) is 4.98 Å². The molecule has 1 heterocycles. The molecule has 1 N–H and O–H groups in total. The molecule has 1 saturated carbocycles. The molecule has 1 aromatic rings. The van der Waals surface area contributed by atoms with Crippen molar-refractivity contribution in [2.75, 3.05) is 7.11 Å². The van der Waals surface area contributed by atoms with E-state index in [1.165, 1.54) is 7.11 Å². The Morgan fingerprint density at radius 2 is 2.27 bits per heavy atom. The molecular weight excluding hydrogens is 218 g/mol. The maximum atomic E-state index is 11.1. The lowest BCUT2D eigenvalue weighted by atomic mass is 9.97. The van der Waals surface area contributed by atoms with Crippen LogP contribution >= 0.6 is 11.6 Å². The van der Waals surface area contributed by atoms with Gasteiger partial charge in [-0.2, -0.15) is 0 Å². The van der Waals surface area contributed by atoms with Crippen LogP contribution in [0.5, 0.6) is 5.88 Å². The average Bonchev–Trinajstić information content (AvgIpc) is 2.98. The van der Waals surface area contributed by atoms with Crippen LogP contribution in [0.15, 0.2) is 12.1 Å². The number of carboxylic acid groups (broad SMARTS) is 1. The summed E-state index contributed by atoms with van der Waals surface area (Å²) in [6.07, 6.45) is 1.25. The highest BCUT2D eigenvalue weighted by Crippen LogP contribution is 2.51. The molecule has 15 heavy (non-hydrogen) atoms. The van der Waals surface area contributed by atoms with Crippen molar-refractivity contribution in [2.24, 2.45) is 0 Å². The number of halogens is 1. The second kappa shape index (κ2) is 3.38. The first-order chi connectivity index (χ1) is 7.10. The third-order valence-electron chi connectivity index (χ3n) is 2.69. The van der Waals surface area contributed by atoms with Gasteiger partial charge in [0, 0.05) is 5.56 Å². The van der Waals surface area contributed by atoms with Gasteiger partial charge < -0.3 is 9.84 Å². The summed E-state index contributed by atoms with van der Waals surface area (Å²) in [6, 6.07) is 3.26. The number of aliphatic carboxylic acids is 1. The zero-order chi connectivity index (χ0) is 11.1. The molecule has 0 atom stereocenters. The van der Waals surface area contributed by atoms with Crippen molar-refractivity contribution in [1.82, 2.24) is 4.98 Å². The zero-order valence-electron chi connectivity index (χ0n) is 8.16. The fourth-order valence-corrected chi connectivity index (χ4v) is 1.80. The second-order valence-corrected chi connectivity index (χ2v) is 3.97. The van der Waals surface area contributed by atoms with Gasteiger partial charge in [-0.3, -0.25) is 4.79 Å². The first-order valence-electron chi connectivity index (χ1n) is 4.54. The first-order valence-corrected chi connectivity index (χ1v) is 4.92. The Kier molecular flexibility index (Phi) is 2.31. The van der Waals surface area contributed by atoms with Crippen molar-refractivity contribution >= 4 is 17.6 Å². The van der Waals surface area contributed by atoms with Gasteiger partial charge in [0.05, 0.1) is 12.5 Å². The minimum atomic E-state index is -0.829. The molecule has 0 spiro atoms. The monoisotopic (exact) mass is 227 g/mol. The molecule has 1 aromatic heterocycles. The molecule has 0 unspecified atom stereocenters. The number of hydrogen-bond donors (Lipinski definition) is 1. The van der Waals surface area contributed by atoms with E-state index in [1.54, 1.807) is 12.1 Å². The van der Waals surface area contributed by atoms with Gasteiger partial charge in [-0.15, -0.1) is 0 Å². The highest BCUT2D eigenvalue weighted by atomic mass is 35.5. The molecule has 2 rings (SSSR count). The van der Waals surface area contributed by atoms with Gasteiger partial charge in [0.15, 0.2) is 0 Å². The predicted octanol–water partition coefficient (Wildman–Crippen LogP) is 1.86. The molecule has 80 valence electrons. The van der Waals surface area contributed by atoms with Crippen molar-refractivity contribution in [2.45, 2.75) is 18.3 Å². The van der Waals surface area contributed by atoms with Crippen LogP contribution in [0.4, 0.5) is 0 Å². The van der Waals surface area contributed by atoms with Crippen LogP contribution in [-0.4, -0.2) is 23.2 Å². The van der Waals surface area contributed by atoms with Crippen molar-refractivity contribution in [3.05, 3.63) is 22.8 Å². The first kappa shape index (κ1) is 10.2. The number of ether oxygens (including phenoxy) is 1. The van der Waals surface area contributed by atoms with Gasteiger partial charge in [-0.05, 0) is 25.0 Å². The Hall–Kier alpha value is -1.29. The van der Waals surface area contributed by atoms with E-state index >= 15 is 0 Å². The molecule has 0 bridgehead atoms. The van der Waals surface area contributed by atoms with Gasteiger partial charge in [-0.1, -0.05) is 11.6 Å². The number of pyridine rings is 1. The largest absolute Gasteiger partial charge is 0.481 e. The number of carboxylic acids is 1. The summed E-state index contributed by atoms with van der Waals surface area (Å²) in [5, 5.41) is 9.43. The number of hydrogen-bond acceptors (Lipinski definition) is 3. The molecule has 0 aliphatic heterocycles. The van der Waals surface area contributed by atoms with Gasteiger partial charge >= 0.3 is 5.97 Å². The molecule has 1 fully saturated rings. The average molecular weight is 228 g/mol. The van der Waals surface area contributed by atoms with Crippen LogP contribution in [0.25, 0.3) is 0 Å². The smallest absolute Gasteiger partial charge is 0.314 e. The molecule has 0 radical (unpaired) electrons. The fourth-order valence-electron chi connectivity index (χ4n) is 1.66. The molecule has 1 aliphatic carbocycles. The molecule has 1 aliphatic rings. The highest BCUT2D eigenvalue weighted by molar-refractivity contribution is 6.29. The minimum absolute atomic E-state index is 0.303. The van der Waals surface area contributed by atoms with Crippen LogP contribution in [0.1, 0.15) is 18.4 Å². The molecular formula is C10H10ClNO3. The summed E-state index contributed by atoms with van der Waals surface area (Å²) in [7, 11) is 1.46. The number of nitrogens with zero attached hydrogens (tertiary/aromatic N) is 1. The summed E-state index contributed by atoms with van der Waals surface area (Å²) in [5.74, 6) is -0.521. The van der Waals surface area contributed by atoms with E-state index < -0.39 is 11.4 Å². The fraction of sp³-hybridized carbons (Fsp3) is 0.400. The molecule has 4 nitrogen and oxygen atoms in total. The predicted molar refractivity (Wildman–Crippen MR) is 54.3 cm³/mol. The van der Waals surface area contributed by atoms with Crippen LogP contribution in [0.3, 0.4) is 0 Å². The van der Waals surface area contributed by atoms with Crippen molar-refractivity contribution in [3.8, 4) is 5.88 Å². The summed E-state index contributed by atoms with van der Waals surface area (Å²) < 4.78 is 5.04. The Bertz CT molecular complexity index is 415. The van der Waals surface area contributed by atoms with Crippen molar-refractivity contribution in [1.29, 1.82) is 0 Å². The van der Waals surface area contributed by atoms with E-state index in [9.17, 15) is 4.79 Å². The zero-order valence-corrected chi connectivity index (χ0v) is 8.91. The van der Waals surface area contributed by atoms with Crippen LogP contribution in [-0.2, 0) is 10.2 Å². The second-order valence-electron chi connectivity index (χ2n) is 3.58. The topological polar surface area (TPSA) is 59.4 Å². The highest BCUT2D eigenvalue weighted by Gasteiger charge is 2.53. The van der Waals surface area contributed by atoms with E-state index in [4.69, 9.17) is 21.4 Å². The third-order valence-corrected chi connectivity index (χ3v) is 2.91. The summed E-state index contributed by atoms with van der Waals surface area (Å²) in [5.41, 5.74) is -0.190. The summed E-state index contributed by atoms with van der Waals surface area (Å²) in [4.78, 5) is 15.1. The number of rotatable bonds is 3. The number of methoxy groups -OCH3 is 1. The Labute approximate surface area is 91.8 Å². The van der Waals surface area contributed by atoms with Gasteiger partial charge in [0.1, 0.15) is 5.15 Å². The minimum Gasteiger partial charge on any atom is -0.481 e. The molecule has 0 saturated heterocycles. The van der Waals surface area contributed by atoms with Crippen LogP contribution < -0.4 is 4.74 Å². The van der Waals surface area contributed by atoms with E-state index in [0.29, 0.717) is 29.4 Å². The van der Waals surface area contributed by atoms with Gasteiger partial charge in [0.2, 0.25) is 5.88 Å². The maximum Gasteiger partial charge on any atom is 0.314 e. The standard InChI is InChI=1S/C10H10ClNO3/c1-15-8-6(2-3-7(11)12-8)10(4-5-10)9(13)14/h2-3H,4-5H2,1H3,(H,13,14). The van der Waals surface area contributed by atoms with Gasteiger partial charge in [-0.25, -0.2) is 4.98 Å². The lowest BCUT2D eigenvalue weighted by Gasteiger charge is -2.13. The number of aromatic nitrogens is 1. The molecule has 0 amide bonds. The Morgan fingerprint density at radius 3 is 2.73 bits per heavy atom. The van der Waals surface area contributed by atoms with E-state index in [0.717, 1.165) is 0 Å². The van der Waals surface area contributed by atoms with E-state index in [1.807, 2.05) is 0 Å². The summed E-state index contributed by atoms with van der Waals surface area (Å²) >= 11 is 5.71. The van der Waals surface area contributed by atoms with E-state index in [-0.39, 0.29) is 0 Å². The van der Waals surface area contributed by atoms with Crippen molar-refractivity contribution < 1.29 is 14.6 Å². The lowest BCUT2D eigenvalue weighted by molar-refractivity contribution is -0.140. The Balaban J connectivity index is 2.48. The molecule has 5 heteroatoms. The summed E-state index contributed by atoms with van der Waals surface area (Å²) in [6.45, 7) is 0. The maximum absolute atomic E-state index is 11.1. The lowest BCUT2D eigenvalue weighted by Crippen LogP contribution is -2.20. The molecule has 0 aromatic carbocycles. The van der Waals surface area contributed by atoms with Gasteiger partial charge in [0.25, 0.3) is 0 Å². The number of carbonyl (C=O) groups is 1. The van der Waals surface area contributed by atoms with Crippen LogP contribution in [0, 0.1) is 0 Å². The normalized spacial score (nSPS) is 17.2. The van der Waals surface area contributed by atoms with Crippen molar-refractivity contribution in [3.63, 3.8) is 0 Å². The quantitative estimate of drug-likeness (QED) is 0.801. The SMILES string of the molecule is COc1nc(Cl)ccc1C1(C(=O)O)CC1. The van der Waals surface area contributed by atoms with Crippen LogP contribution in [0.2, 0.25) is 5.15 Å². The Morgan fingerprint density at radius 1 is 1.60 bits per heavy atom. The third kappa shape index (κ3) is 1.55.